The first kappa shape index (κ1) is 15.4. The Labute approximate surface area is 120 Å². The second-order valence-electron chi connectivity index (χ2n) is 3.68. The molecule has 0 aliphatic heterocycles. The van der Waals surface area contributed by atoms with E-state index in [1.807, 2.05) is 17.5 Å². The molecular weight excluding hydrogens is 288 g/mol. The second-order valence-corrected chi connectivity index (χ2v) is 4.66. The molecule has 0 saturated heterocycles. The van der Waals surface area contributed by atoms with E-state index in [0.29, 0.717) is 5.56 Å². The van der Waals surface area contributed by atoms with E-state index in [9.17, 15) is 10.1 Å². The van der Waals surface area contributed by atoms with E-state index in [4.69, 9.17) is 10.5 Å². The zero-order valence-electron chi connectivity index (χ0n) is 10.1. The summed E-state index contributed by atoms with van der Waals surface area (Å²) in [6.07, 6.45) is 0. The maximum Gasteiger partial charge on any atom is 0.311 e. The summed E-state index contributed by atoms with van der Waals surface area (Å²) in [7, 11) is 1.40. The molecule has 19 heavy (non-hydrogen) atoms. The van der Waals surface area contributed by atoms with Crippen molar-refractivity contribution in [3.8, 4) is 5.75 Å². The van der Waals surface area contributed by atoms with Crippen LogP contribution < -0.4 is 10.5 Å². The summed E-state index contributed by atoms with van der Waals surface area (Å²) in [5.41, 5.74) is 6.70. The van der Waals surface area contributed by atoms with Crippen LogP contribution in [-0.4, -0.2) is 12.0 Å². The Kier molecular flexibility index (Phi) is 5.29. The number of nitrogens with two attached hydrogens (primary N) is 1. The van der Waals surface area contributed by atoms with Crippen molar-refractivity contribution in [1.29, 1.82) is 0 Å². The lowest BCUT2D eigenvalue weighted by atomic mass is 10.1. The molecular formula is C12H13ClN2O3S. The molecule has 2 rings (SSSR count). The number of ether oxygens (including phenoxy) is 1. The lowest BCUT2D eigenvalue weighted by Gasteiger charge is -2.11. The molecule has 7 heteroatoms. The van der Waals surface area contributed by atoms with Gasteiger partial charge in [-0.1, -0.05) is 12.1 Å². The zero-order chi connectivity index (χ0) is 13.1. The molecule has 0 aliphatic carbocycles. The minimum atomic E-state index is -0.469. The van der Waals surface area contributed by atoms with Gasteiger partial charge in [0.1, 0.15) is 0 Å². The molecule has 5 nitrogen and oxygen atoms in total. The monoisotopic (exact) mass is 300 g/mol. The van der Waals surface area contributed by atoms with Crippen LogP contribution in [0.3, 0.4) is 0 Å². The van der Waals surface area contributed by atoms with E-state index in [0.717, 1.165) is 4.88 Å². The molecule has 0 spiro atoms. The van der Waals surface area contributed by atoms with Crippen molar-refractivity contribution in [2.24, 2.45) is 5.73 Å². The van der Waals surface area contributed by atoms with E-state index >= 15 is 0 Å². The molecule has 2 aromatic rings. The minimum absolute atomic E-state index is 0. The van der Waals surface area contributed by atoms with Crippen molar-refractivity contribution in [2.45, 2.75) is 6.04 Å². The highest BCUT2D eigenvalue weighted by Gasteiger charge is 2.18. The Balaban J connectivity index is 0.00000180. The summed E-state index contributed by atoms with van der Waals surface area (Å²) >= 11 is 1.52. The number of nitro groups is 1. The summed E-state index contributed by atoms with van der Waals surface area (Å²) in [6, 6.07) is 8.23. The van der Waals surface area contributed by atoms with Gasteiger partial charge < -0.3 is 10.5 Å². The van der Waals surface area contributed by atoms with Crippen LogP contribution in [0, 0.1) is 10.1 Å². The molecule has 1 heterocycles. The molecule has 102 valence electrons. The second kappa shape index (κ2) is 6.51. The number of halogens is 1. The van der Waals surface area contributed by atoms with Crippen LogP contribution in [-0.2, 0) is 0 Å². The van der Waals surface area contributed by atoms with Gasteiger partial charge in [-0.3, -0.25) is 10.1 Å². The summed E-state index contributed by atoms with van der Waals surface area (Å²) in [5.74, 6) is 0.238. The van der Waals surface area contributed by atoms with Crippen molar-refractivity contribution >= 4 is 29.4 Å². The summed E-state index contributed by atoms with van der Waals surface area (Å²) in [5, 5.41) is 12.9. The Morgan fingerprint density at radius 3 is 2.68 bits per heavy atom. The predicted molar refractivity (Wildman–Crippen MR) is 77.2 cm³/mol. The van der Waals surface area contributed by atoms with Crippen LogP contribution in [0.1, 0.15) is 16.5 Å². The number of hydrogen-bond donors (Lipinski definition) is 1. The third-order valence-corrected chi connectivity index (χ3v) is 3.56. The zero-order valence-corrected chi connectivity index (χ0v) is 11.7. The van der Waals surface area contributed by atoms with Gasteiger partial charge in [-0.15, -0.1) is 23.7 Å². The smallest absolute Gasteiger partial charge is 0.311 e. The van der Waals surface area contributed by atoms with E-state index < -0.39 is 4.92 Å². The average Bonchev–Trinajstić information content (AvgIpc) is 2.90. The standard InChI is InChI=1S/C12H12N2O3S.ClH/c1-17-10-5-4-8(7-9(10)14(15)16)12(13)11-3-2-6-18-11;/h2-7,12H,13H2,1H3;1H/t12-;/m1./s1. The molecule has 0 aliphatic rings. The van der Waals surface area contributed by atoms with Crippen LogP contribution in [0.25, 0.3) is 0 Å². The van der Waals surface area contributed by atoms with E-state index in [1.165, 1.54) is 24.5 Å². The van der Waals surface area contributed by atoms with Crippen molar-refractivity contribution < 1.29 is 9.66 Å². The largest absolute Gasteiger partial charge is 0.490 e. The van der Waals surface area contributed by atoms with Gasteiger partial charge in [0.15, 0.2) is 5.75 Å². The highest BCUT2D eigenvalue weighted by Crippen LogP contribution is 2.32. The lowest BCUT2D eigenvalue weighted by molar-refractivity contribution is -0.385. The number of rotatable bonds is 4. The maximum atomic E-state index is 10.9. The van der Waals surface area contributed by atoms with Crippen LogP contribution in [0.2, 0.25) is 0 Å². The molecule has 0 amide bonds. The van der Waals surface area contributed by atoms with Gasteiger partial charge in [-0.2, -0.15) is 0 Å². The topological polar surface area (TPSA) is 78.4 Å². The normalized spacial score (nSPS) is 11.5. The van der Waals surface area contributed by atoms with Crippen LogP contribution in [0.5, 0.6) is 5.75 Å². The SMILES string of the molecule is COc1ccc([C@@H](N)c2cccs2)cc1[N+](=O)[O-].Cl. The van der Waals surface area contributed by atoms with Crippen molar-refractivity contribution in [3.63, 3.8) is 0 Å². The minimum Gasteiger partial charge on any atom is -0.490 e. The fraction of sp³-hybridized carbons (Fsp3) is 0.167. The summed E-state index contributed by atoms with van der Waals surface area (Å²) in [6.45, 7) is 0. The summed E-state index contributed by atoms with van der Waals surface area (Å²) in [4.78, 5) is 11.4. The van der Waals surface area contributed by atoms with Gasteiger partial charge in [0.05, 0.1) is 18.1 Å². The molecule has 2 N–H and O–H groups in total. The van der Waals surface area contributed by atoms with Crippen molar-refractivity contribution in [2.75, 3.05) is 7.11 Å². The fourth-order valence-electron chi connectivity index (χ4n) is 1.68. The highest BCUT2D eigenvalue weighted by molar-refractivity contribution is 7.10. The maximum absolute atomic E-state index is 10.9. The summed E-state index contributed by atoms with van der Waals surface area (Å²) < 4.78 is 4.95. The number of hydrogen-bond acceptors (Lipinski definition) is 5. The molecule has 0 bridgehead atoms. The molecule has 0 saturated carbocycles. The van der Waals surface area contributed by atoms with Gasteiger partial charge in [0.2, 0.25) is 0 Å². The predicted octanol–water partition coefficient (Wildman–Crippen LogP) is 3.13. The quantitative estimate of drug-likeness (QED) is 0.695. The molecule has 1 aromatic heterocycles. The first-order chi connectivity index (χ1) is 8.63. The van der Waals surface area contributed by atoms with Crippen molar-refractivity contribution in [3.05, 3.63) is 56.3 Å². The number of thiophene rings is 1. The Morgan fingerprint density at radius 2 is 2.16 bits per heavy atom. The van der Waals surface area contributed by atoms with Gasteiger partial charge in [0, 0.05) is 10.9 Å². The number of methoxy groups -OCH3 is 1. The van der Waals surface area contributed by atoms with Crippen LogP contribution in [0.15, 0.2) is 35.7 Å². The number of nitrogens with zero attached hydrogens (tertiary/aromatic N) is 1. The van der Waals surface area contributed by atoms with Crippen LogP contribution >= 0.6 is 23.7 Å². The third kappa shape index (κ3) is 3.23. The van der Waals surface area contributed by atoms with Gasteiger partial charge in [-0.05, 0) is 23.1 Å². The van der Waals surface area contributed by atoms with Gasteiger partial charge in [0.25, 0.3) is 0 Å². The van der Waals surface area contributed by atoms with E-state index in [2.05, 4.69) is 0 Å². The molecule has 1 atom stereocenters. The first-order valence-electron chi connectivity index (χ1n) is 5.25. The molecule has 0 fully saturated rings. The Morgan fingerprint density at radius 1 is 1.42 bits per heavy atom. The fourth-order valence-corrected chi connectivity index (χ4v) is 2.43. The van der Waals surface area contributed by atoms with Gasteiger partial charge in [-0.25, -0.2) is 0 Å². The van der Waals surface area contributed by atoms with Crippen LogP contribution in [0.4, 0.5) is 5.69 Å². The average molecular weight is 301 g/mol. The Bertz CT molecular complexity index is 560. The molecule has 0 unspecified atom stereocenters. The van der Waals surface area contributed by atoms with Crippen molar-refractivity contribution in [1.82, 2.24) is 0 Å². The number of nitro benzene ring substituents is 1. The van der Waals surface area contributed by atoms with Gasteiger partial charge >= 0.3 is 5.69 Å². The Hall–Kier alpha value is -1.63. The third-order valence-electron chi connectivity index (χ3n) is 2.61. The van der Waals surface area contributed by atoms with E-state index in [1.54, 1.807) is 12.1 Å². The van der Waals surface area contributed by atoms with E-state index in [-0.39, 0.29) is 29.9 Å². The lowest BCUT2D eigenvalue weighted by Crippen LogP contribution is -2.10. The number of benzene rings is 1. The molecule has 1 aromatic carbocycles. The molecule has 0 radical (unpaired) electrons. The highest BCUT2D eigenvalue weighted by atomic mass is 35.5. The first-order valence-corrected chi connectivity index (χ1v) is 6.12.